The maximum atomic E-state index is 12.3. The minimum Gasteiger partial charge on any atom is -0.431 e. The lowest BCUT2D eigenvalue weighted by Gasteiger charge is -2.48. The van der Waals surface area contributed by atoms with Crippen LogP contribution >= 0.6 is 0 Å². The highest BCUT2D eigenvalue weighted by atomic mass is 28.4. The topological polar surface area (TPSA) is 37.3 Å². The molecule has 0 aliphatic heterocycles. The van der Waals surface area contributed by atoms with Crippen molar-refractivity contribution in [1.29, 1.82) is 0 Å². The zero-order chi connectivity index (χ0) is 16.4. The van der Waals surface area contributed by atoms with Crippen molar-refractivity contribution >= 4 is 14.1 Å². The molecule has 0 bridgehead atoms. The summed E-state index contributed by atoms with van der Waals surface area (Å²) < 4.78 is 0. The predicted octanol–water partition coefficient (Wildman–Crippen LogP) is 4.94. The van der Waals surface area contributed by atoms with E-state index in [4.69, 9.17) is 0 Å². The van der Waals surface area contributed by atoms with Crippen molar-refractivity contribution in [2.24, 2.45) is 11.8 Å². The van der Waals surface area contributed by atoms with Gasteiger partial charge >= 0.3 is 0 Å². The van der Waals surface area contributed by atoms with Gasteiger partial charge in [-0.3, -0.25) is 4.79 Å². The molecule has 0 aliphatic carbocycles. The maximum absolute atomic E-state index is 12.3. The molecule has 0 aromatic rings. The van der Waals surface area contributed by atoms with Crippen LogP contribution in [0.4, 0.5) is 0 Å². The third-order valence-electron chi connectivity index (χ3n) is 4.50. The van der Waals surface area contributed by atoms with E-state index < -0.39 is 8.32 Å². The van der Waals surface area contributed by atoms with E-state index in [1.54, 1.807) is 12.2 Å². The van der Waals surface area contributed by atoms with Crippen molar-refractivity contribution in [1.82, 2.24) is 0 Å². The number of allylic oxidation sites excluding steroid dienone is 2. The van der Waals surface area contributed by atoms with E-state index >= 15 is 0 Å². The van der Waals surface area contributed by atoms with Gasteiger partial charge < -0.3 is 4.80 Å². The molecule has 0 aliphatic rings. The first kappa shape index (κ1) is 19.6. The predicted molar refractivity (Wildman–Crippen MR) is 90.4 cm³/mol. The molecule has 0 saturated carbocycles. The van der Waals surface area contributed by atoms with E-state index in [2.05, 4.69) is 55.4 Å². The van der Waals surface area contributed by atoms with E-state index in [-0.39, 0.29) is 27.7 Å². The number of rotatable bonds is 5. The molecule has 0 rings (SSSR count). The number of carbonyl (C=O) groups is 1. The quantitative estimate of drug-likeness (QED) is 0.576. The smallest absolute Gasteiger partial charge is 0.199 e. The highest BCUT2D eigenvalue weighted by Crippen LogP contribution is 2.53. The van der Waals surface area contributed by atoms with Crippen LogP contribution in [0.3, 0.4) is 0 Å². The van der Waals surface area contributed by atoms with Gasteiger partial charge in [-0.15, -0.1) is 0 Å². The van der Waals surface area contributed by atoms with Gasteiger partial charge in [-0.05, 0) is 35.0 Å². The summed E-state index contributed by atoms with van der Waals surface area (Å²) in [5, 5.41) is -0.288. The SMILES string of the molecule is C/C=C/C(=O)C(C[Si](O)(C(C)(C)C)C(C)(C)C)C(C)C. The monoisotopic (exact) mass is 298 g/mol. The molecular weight excluding hydrogens is 264 g/mol. The first-order chi connectivity index (χ1) is 8.78. The molecule has 0 heterocycles. The molecule has 3 heteroatoms. The standard InChI is InChI=1S/C17H34O2Si/c1-10-11-15(18)14(13(2)3)12-20(19,16(4,5)6)17(7,8)9/h10-11,13-14,19H,12H2,1-9H3/b11-10+. The van der Waals surface area contributed by atoms with Crippen LogP contribution in [0.2, 0.25) is 16.1 Å². The van der Waals surface area contributed by atoms with Gasteiger partial charge in [-0.1, -0.05) is 61.5 Å². The van der Waals surface area contributed by atoms with E-state index in [1.807, 2.05) is 6.92 Å². The Morgan fingerprint density at radius 1 is 1.10 bits per heavy atom. The van der Waals surface area contributed by atoms with Gasteiger partial charge in [0.05, 0.1) is 0 Å². The molecule has 0 fully saturated rings. The fraction of sp³-hybridized carbons (Fsp3) is 0.824. The second kappa shape index (κ2) is 6.57. The Balaban J connectivity index is 5.60. The molecule has 1 unspecified atom stereocenters. The summed E-state index contributed by atoms with van der Waals surface area (Å²) in [6.45, 7) is 18.7. The Morgan fingerprint density at radius 2 is 1.50 bits per heavy atom. The molecule has 0 saturated heterocycles. The van der Waals surface area contributed by atoms with E-state index in [1.165, 1.54) is 0 Å². The molecule has 2 nitrogen and oxygen atoms in total. The first-order valence-corrected chi connectivity index (χ1v) is 9.82. The van der Waals surface area contributed by atoms with Gasteiger partial charge in [0.15, 0.2) is 14.1 Å². The largest absolute Gasteiger partial charge is 0.431 e. The molecule has 20 heavy (non-hydrogen) atoms. The summed E-state index contributed by atoms with van der Waals surface area (Å²) in [6.07, 6.45) is 3.46. The van der Waals surface area contributed by atoms with Gasteiger partial charge in [-0.25, -0.2) is 0 Å². The lowest BCUT2D eigenvalue weighted by molar-refractivity contribution is -0.118. The van der Waals surface area contributed by atoms with Crippen LogP contribution in [-0.4, -0.2) is 18.9 Å². The van der Waals surface area contributed by atoms with Crippen molar-refractivity contribution in [3.63, 3.8) is 0 Å². The molecule has 118 valence electrons. The van der Waals surface area contributed by atoms with Crippen LogP contribution in [0.5, 0.6) is 0 Å². The fourth-order valence-corrected chi connectivity index (χ4v) is 7.79. The Hall–Kier alpha value is -0.413. The zero-order valence-electron chi connectivity index (χ0n) is 14.9. The minimum atomic E-state index is -2.62. The molecule has 0 aromatic heterocycles. The first-order valence-electron chi connectivity index (χ1n) is 7.67. The highest BCUT2D eigenvalue weighted by Gasteiger charge is 2.54. The molecule has 0 radical (unpaired) electrons. The Bertz CT molecular complexity index is 342. The van der Waals surface area contributed by atoms with Crippen molar-refractivity contribution in [2.75, 3.05) is 0 Å². The van der Waals surface area contributed by atoms with Gasteiger partial charge in [-0.2, -0.15) is 0 Å². The molecule has 0 amide bonds. The van der Waals surface area contributed by atoms with Gasteiger partial charge in [0, 0.05) is 5.92 Å². The van der Waals surface area contributed by atoms with Crippen molar-refractivity contribution < 1.29 is 9.59 Å². The maximum Gasteiger partial charge on any atom is 0.199 e. The number of ketones is 1. The molecule has 1 N–H and O–H groups in total. The van der Waals surface area contributed by atoms with Crippen molar-refractivity contribution in [3.05, 3.63) is 12.2 Å². The lowest BCUT2D eigenvalue weighted by Crippen LogP contribution is -2.54. The fourth-order valence-electron chi connectivity index (χ4n) is 3.01. The van der Waals surface area contributed by atoms with Crippen LogP contribution < -0.4 is 0 Å². The Morgan fingerprint density at radius 3 is 1.75 bits per heavy atom. The zero-order valence-corrected chi connectivity index (χ0v) is 15.9. The van der Waals surface area contributed by atoms with Gasteiger partial charge in [0.25, 0.3) is 0 Å². The second-order valence-electron chi connectivity index (χ2n) is 8.32. The average molecular weight is 299 g/mol. The van der Waals surface area contributed by atoms with Crippen molar-refractivity contribution in [3.8, 4) is 0 Å². The molecule has 0 spiro atoms. The summed E-state index contributed by atoms with van der Waals surface area (Å²) in [7, 11) is -2.62. The summed E-state index contributed by atoms with van der Waals surface area (Å²) in [6, 6.07) is 0.640. The molecule has 1 atom stereocenters. The number of hydrogen-bond acceptors (Lipinski definition) is 2. The second-order valence-corrected chi connectivity index (χ2v) is 13.4. The average Bonchev–Trinajstić information content (AvgIpc) is 2.21. The number of carbonyl (C=O) groups excluding carboxylic acids is 1. The Kier molecular flexibility index (Phi) is 6.43. The third-order valence-corrected chi connectivity index (χ3v) is 10.5. The van der Waals surface area contributed by atoms with Crippen LogP contribution in [0, 0.1) is 11.8 Å². The number of hydrogen-bond donors (Lipinski definition) is 1. The lowest BCUT2D eigenvalue weighted by atomic mass is 9.93. The summed E-state index contributed by atoms with van der Waals surface area (Å²) in [5.41, 5.74) is 0. The van der Waals surface area contributed by atoms with E-state index in [0.717, 1.165) is 0 Å². The minimum absolute atomic E-state index is 0.0821. The molecular formula is C17H34O2Si. The Labute approximate surface area is 126 Å². The van der Waals surface area contributed by atoms with Crippen LogP contribution in [0.25, 0.3) is 0 Å². The van der Waals surface area contributed by atoms with Gasteiger partial charge in [0.1, 0.15) is 0 Å². The summed E-state index contributed by atoms with van der Waals surface area (Å²) >= 11 is 0. The third kappa shape index (κ3) is 4.29. The van der Waals surface area contributed by atoms with Crippen LogP contribution in [-0.2, 0) is 4.79 Å². The highest BCUT2D eigenvalue weighted by molar-refractivity contribution is 6.78. The van der Waals surface area contributed by atoms with Gasteiger partial charge in [0.2, 0.25) is 0 Å². The molecule has 0 aromatic carbocycles. The van der Waals surface area contributed by atoms with E-state index in [0.29, 0.717) is 6.04 Å². The van der Waals surface area contributed by atoms with Crippen LogP contribution in [0.1, 0.15) is 62.3 Å². The van der Waals surface area contributed by atoms with Crippen molar-refractivity contribution in [2.45, 2.75) is 78.4 Å². The van der Waals surface area contributed by atoms with E-state index in [9.17, 15) is 9.59 Å². The summed E-state index contributed by atoms with van der Waals surface area (Å²) in [4.78, 5) is 23.8. The normalized spacial score (nSPS) is 15.9. The summed E-state index contributed by atoms with van der Waals surface area (Å²) in [5.74, 6) is 0.325. The van der Waals surface area contributed by atoms with Crippen LogP contribution in [0.15, 0.2) is 12.2 Å².